The lowest BCUT2D eigenvalue weighted by Crippen LogP contribution is -1.93. The normalized spacial score (nSPS) is 10.1. The summed E-state index contributed by atoms with van der Waals surface area (Å²) in [6, 6.07) is 4.38. The van der Waals surface area contributed by atoms with Gasteiger partial charge in [-0.25, -0.2) is 0 Å². The molecular formula is C10H11N5O2. The molecule has 0 aliphatic carbocycles. The molecule has 0 saturated heterocycles. The zero-order valence-electron chi connectivity index (χ0n) is 8.98. The SMILES string of the molecule is [N-]=[N+]=NCCC=Cc1cc(N)ccc1[N+](=O)[O-]. The van der Waals surface area contributed by atoms with Gasteiger partial charge in [0.1, 0.15) is 0 Å². The lowest BCUT2D eigenvalue weighted by Gasteiger charge is -1.99. The summed E-state index contributed by atoms with van der Waals surface area (Å²) in [7, 11) is 0. The predicted octanol–water partition coefficient (Wildman–Crippen LogP) is 2.89. The number of nitrogen functional groups attached to an aromatic ring is 1. The summed E-state index contributed by atoms with van der Waals surface area (Å²) in [5.41, 5.74) is 14.5. The first kappa shape index (κ1) is 12.5. The largest absolute Gasteiger partial charge is 0.399 e. The van der Waals surface area contributed by atoms with E-state index in [0.29, 0.717) is 24.2 Å². The van der Waals surface area contributed by atoms with Gasteiger partial charge in [-0.2, -0.15) is 0 Å². The zero-order valence-corrected chi connectivity index (χ0v) is 8.98. The van der Waals surface area contributed by atoms with E-state index in [2.05, 4.69) is 10.0 Å². The van der Waals surface area contributed by atoms with Crippen LogP contribution in [-0.4, -0.2) is 11.5 Å². The van der Waals surface area contributed by atoms with Crippen molar-refractivity contribution in [3.63, 3.8) is 0 Å². The Morgan fingerprint density at radius 1 is 1.59 bits per heavy atom. The Bertz CT molecular complexity index is 491. The maximum atomic E-state index is 10.7. The van der Waals surface area contributed by atoms with Crippen molar-refractivity contribution in [3.05, 3.63) is 50.4 Å². The van der Waals surface area contributed by atoms with E-state index in [4.69, 9.17) is 11.3 Å². The van der Waals surface area contributed by atoms with Crippen LogP contribution >= 0.6 is 0 Å². The molecular weight excluding hydrogens is 222 g/mol. The molecule has 1 aromatic rings. The Hall–Kier alpha value is -2.53. The molecule has 0 fully saturated rings. The van der Waals surface area contributed by atoms with E-state index >= 15 is 0 Å². The summed E-state index contributed by atoms with van der Waals surface area (Å²) in [5, 5.41) is 14.1. The molecule has 1 aromatic carbocycles. The number of rotatable bonds is 5. The molecule has 88 valence electrons. The number of anilines is 1. The molecule has 0 aliphatic heterocycles. The van der Waals surface area contributed by atoms with Crippen molar-refractivity contribution >= 4 is 17.5 Å². The van der Waals surface area contributed by atoms with Gasteiger partial charge in [-0.05, 0) is 24.1 Å². The molecule has 0 bridgehead atoms. The minimum Gasteiger partial charge on any atom is -0.399 e. The third-order valence-corrected chi connectivity index (χ3v) is 2.00. The molecule has 0 heterocycles. The highest BCUT2D eigenvalue weighted by Crippen LogP contribution is 2.22. The molecule has 0 spiro atoms. The van der Waals surface area contributed by atoms with Gasteiger partial charge in [0, 0.05) is 23.2 Å². The summed E-state index contributed by atoms with van der Waals surface area (Å²) < 4.78 is 0. The Labute approximate surface area is 97.3 Å². The van der Waals surface area contributed by atoms with Gasteiger partial charge in [-0.3, -0.25) is 10.1 Å². The van der Waals surface area contributed by atoms with Gasteiger partial charge in [0.2, 0.25) is 0 Å². The van der Waals surface area contributed by atoms with Crippen molar-refractivity contribution in [2.75, 3.05) is 12.3 Å². The quantitative estimate of drug-likeness (QED) is 0.160. The molecule has 7 nitrogen and oxygen atoms in total. The second-order valence-electron chi connectivity index (χ2n) is 3.22. The second-order valence-corrected chi connectivity index (χ2v) is 3.22. The third-order valence-electron chi connectivity index (χ3n) is 2.00. The molecule has 1 rings (SSSR count). The zero-order chi connectivity index (χ0) is 12.7. The molecule has 0 aliphatic rings. The lowest BCUT2D eigenvalue weighted by atomic mass is 10.1. The fourth-order valence-electron chi connectivity index (χ4n) is 1.26. The van der Waals surface area contributed by atoms with Gasteiger partial charge in [0.15, 0.2) is 0 Å². The summed E-state index contributed by atoms with van der Waals surface area (Å²) in [5.74, 6) is 0. The summed E-state index contributed by atoms with van der Waals surface area (Å²) in [6.45, 7) is 0.323. The van der Waals surface area contributed by atoms with E-state index in [9.17, 15) is 10.1 Å². The van der Waals surface area contributed by atoms with E-state index in [1.54, 1.807) is 12.2 Å². The van der Waals surface area contributed by atoms with Crippen LogP contribution in [0.5, 0.6) is 0 Å². The van der Waals surface area contributed by atoms with Crippen molar-refractivity contribution in [2.24, 2.45) is 5.11 Å². The topological polar surface area (TPSA) is 118 Å². The average Bonchev–Trinajstić information content (AvgIpc) is 2.28. The monoisotopic (exact) mass is 233 g/mol. The van der Waals surface area contributed by atoms with Crippen LogP contribution < -0.4 is 5.73 Å². The molecule has 0 unspecified atom stereocenters. The highest BCUT2D eigenvalue weighted by molar-refractivity contribution is 5.65. The number of nitro groups is 1. The van der Waals surface area contributed by atoms with Gasteiger partial charge in [-0.1, -0.05) is 17.3 Å². The molecule has 0 amide bonds. The van der Waals surface area contributed by atoms with Crippen LogP contribution in [0.3, 0.4) is 0 Å². The van der Waals surface area contributed by atoms with Crippen LogP contribution in [0.4, 0.5) is 11.4 Å². The Balaban J connectivity index is 2.84. The number of hydrogen-bond donors (Lipinski definition) is 1. The van der Waals surface area contributed by atoms with Gasteiger partial charge in [0.25, 0.3) is 5.69 Å². The van der Waals surface area contributed by atoms with Crippen LogP contribution in [0.1, 0.15) is 12.0 Å². The van der Waals surface area contributed by atoms with Gasteiger partial charge >= 0.3 is 0 Å². The standard InChI is InChI=1S/C10H11N5O2/c11-9-4-5-10(15(16)17)8(7-9)3-1-2-6-13-14-12/h1,3-5,7H,2,6,11H2. The molecule has 0 atom stereocenters. The van der Waals surface area contributed by atoms with Crippen LogP contribution in [0.25, 0.3) is 16.5 Å². The summed E-state index contributed by atoms with van der Waals surface area (Å²) in [4.78, 5) is 12.9. The van der Waals surface area contributed by atoms with Crippen molar-refractivity contribution < 1.29 is 4.92 Å². The Morgan fingerprint density at radius 3 is 3.00 bits per heavy atom. The smallest absolute Gasteiger partial charge is 0.276 e. The van der Waals surface area contributed by atoms with Crippen LogP contribution in [-0.2, 0) is 0 Å². The fourth-order valence-corrected chi connectivity index (χ4v) is 1.26. The minimum absolute atomic E-state index is 0.000709. The first-order valence-electron chi connectivity index (χ1n) is 4.86. The maximum absolute atomic E-state index is 10.7. The van der Waals surface area contributed by atoms with Crippen LogP contribution in [0.15, 0.2) is 29.4 Å². The van der Waals surface area contributed by atoms with Crippen LogP contribution in [0, 0.1) is 10.1 Å². The second kappa shape index (κ2) is 6.14. The highest BCUT2D eigenvalue weighted by atomic mass is 16.6. The molecule has 17 heavy (non-hydrogen) atoms. The number of nitro benzene ring substituents is 1. The summed E-state index contributed by atoms with van der Waals surface area (Å²) >= 11 is 0. The highest BCUT2D eigenvalue weighted by Gasteiger charge is 2.10. The van der Waals surface area contributed by atoms with Crippen LogP contribution in [0.2, 0.25) is 0 Å². The molecule has 2 N–H and O–H groups in total. The molecule has 0 aromatic heterocycles. The minimum atomic E-state index is -0.466. The molecule has 7 heteroatoms. The van der Waals surface area contributed by atoms with E-state index < -0.39 is 4.92 Å². The third kappa shape index (κ3) is 3.84. The maximum Gasteiger partial charge on any atom is 0.276 e. The van der Waals surface area contributed by atoms with Gasteiger partial charge in [-0.15, -0.1) is 0 Å². The van der Waals surface area contributed by atoms with Gasteiger partial charge < -0.3 is 5.73 Å². The van der Waals surface area contributed by atoms with Crippen molar-refractivity contribution in [3.8, 4) is 0 Å². The Kier molecular flexibility index (Phi) is 4.53. The number of nitrogens with zero attached hydrogens (tertiary/aromatic N) is 4. The first-order valence-corrected chi connectivity index (χ1v) is 4.86. The average molecular weight is 233 g/mol. The predicted molar refractivity (Wildman–Crippen MR) is 65.2 cm³/mol. The lowest BCUT2D eigenvalue weighted by molar-refractivity contribution is -0.385. The number of nitrogens with two attached hydrogens (primary N) is 1. The van der Waals surface area contributed by atoms with E-state index in [-0.39, 0.29) is 5.69 Å². The van der Waals surface area contributed by atoms with E-state index in [0.717, 1.165) is 0 Å². The number of hydrogen-bond acceptors (Lipinski definition) is 4. The molecule has 0 saturated carbocycles. The number of azide groups is 1. The molecule has 0 radical (unpaired) electrons. The number of benzene rings is 1. The van der Waals surface area contributed by atoms with Gasteiger partial charge in [0.05, 0.1) is 10.5 Å². The summed E-state index contributed by atoms with van der Waals surface area (Å²) in [6.07, 6.45) is 3.83. The first-order chi connectivity index (χ1) is 8.15. The van der Waals surface area contributed by atoms with E-state index in [1.807, 2.05) is 0 Å². The van der Waals surface area contributed by atoms with Crippen molar-refractivity contribution in [2.45, 2.75) is 6.42 Å². The van der Waals surface area contributed by atoms with Crippen molar-refractivity contribution in [1.29, 1.82) is 0 Å². The van der Waals surface area contributed by atoms with Crippen molar-refractivity contribution in [1.82, 2.24) is 0 Å². The van der Waals surface area contributed by atoms with E-state index in [1.165, 1.54) is 18.2 Å². The Morgan fingerprint density at radius 2 is 2.35 bits per heavy atom. The fraction of sp³-hybridized carbons (Fsp3) is 0.200.